The minimum Gasteiger partial charge on any atom is -0.491 e. The van der Waals surface area contributed by atoms with E-state index in [-0.39, 0.29) is 24.3 Å². The Morgan fingerprint density at radius 1 is 1.09 bits per heavy atom. The lowest BCUT2D eigenvalue weighted by Crippen LogP contribution is -2.25. The van der Waals surface area contributed by atoms with E-state index >= 15 is 0 Å². The van der Waals surface area contributed by atoms with Crippen LogP contribution in [0, 0.1) is 17.8 Å². The van der Waals surface area contributed by atoms with Crippen molar-refractivity contribution in [3.63, 3.8) is 0 Å². The summed E-state index contributed by atoms with van der Waals surface area (Å²) >= 11 is 5.95. The van der Waals surface area contributed by atoms with E-state index in [1.807, 2.05) is 0 Å². The van der Waals surface area contributed by atoms with Gasteiger partial charge in [-0.15, -0.1) is 0 Å². The summed E-state index contributed by atoms with van der Waals surface area (Å²) in [5.41, 5.74) is 0. The van der Waals surface area contributed by atoms with E-state index < -0.39 is 18.3 Å². The Morgan fingerprint density at radius 3 is 2.55 bits per heavy atom. The number of amides is 1. The molecule has 2 saturated carbocycles. The molecular weight excluding hydrogens is 442 g/mol. The quantitative estimate of drug-likeness (QED) is 0.283. The molecule has 0 bridgehead atoms. The number of nitrogens with one attached hydrogen (secondary N) is 1. The number of benzene rings is 1. The summed E-state index contributed by atoms with van der Waals surface area (Å²) < 4.78 is 5.61. The fourth-order valence-electron chi connectivity index (χ4n) is 4.89. The molecule has 1 amide bonds. The molecule has 1 aromatic rings. The van der Waals surface area contributed by atoms with Gasteiger partial charge in [0.25, 0.3) is 0 Å². The summed E-state index contributed by atoms with van der Waals surface area (Å²) in [5, 5.41) is 34.8. The largest absolute Gasteiger partial charge is 0.491 e. The third-order valence-electron chi connectivity index (χ3n) is 7.07. The molecule has 33 heavy (non-hydrogen) atoms. The van der Waals surface area contributed by atoms with Crippen LogP contribution in [0.2, 0.25) is 5.02 Å². The van der Waals surface area contributed by atoms with Gasteiger partial charge in [0.15, 0.2) is 0 Å². The standard InChI is InChI=1S/C26H40ClNO5/c27-19-6-5-7-21(14-19)33-17-20(29)12-13-23-22(24(30)15-25(23)31)8-3-1-2-4-9-26(32)28-16-18-10-11-18/h5-7,14,18,20,22-25,29-31H,1-4,8-13,15-17H2,(H,28,32)/t20-,22-,23-,24+,25-/m1/s1. The maximum Gasteiger partial charge on any atom is 0.220 e. The molecule has 2 fully saturated rings. The Balaban J connectivity index is 1.29. The Hall–Kier alpha value is -1.34. The number of aliphatic hydroxyl groups excluding tert-OH is 3. The first-order valence-electron chi connectivity index (χ1n) is 12.6. The maximum absolute atomic E-state index is 11.8. The summed E-state index contributed by atoms with van der Waals surface area (Å²) in [4.78, 5) is 11.8. The van der Waals surface area contributed by atoms with Gasteiger partial charge < -0.3 is 25.4 Å². The number of hydrogen-bond donors (Lipinski definition) is 4. The average molecular weight is 482 g/mol. The number of unbranched alkanes of at least 4 members (excludes halogenated alkanes) is 3. The van der Waals surface area contributed by atoms with Gasteiger partial charge in [-0.2, -0.15) is 0 Å². The molecule has 0 saturated heterocycles. The molecule has 0 heterocycles. The van der Waals surface area contributed by atoms with Crippen molar-refractivity contribution in [1.82, 2.24) is 5.32 Å². The summed E-state index contributed by atoms with van der Waals surface area (Å²) in [5.74, 6) is 1.55. The lowest BCUT2D eigenvalue weighted by molar-refractivity contribution is -0.121. The summed E-state index contributed by atoms with van der Waals surface area (Å²) in [6.07, 6.45) is 7.80. The van der Waals surface area contributed by atoms with Crippen LogP contribution in [-0.2, 0) is 4.79 Å². The molecule has 186 valence electrons. The van der Waals surface area contributed by atoms with Crippen LogP contribution in [0.1, 0.15) is 70.6 Å². The first-order chi connectivity index (χ1) is 15.9. The van der Waals surface area contributed by atoms with Crippen LogP contribution in [-0.4, -0.2) is 52.7 Å². The van der Waals surface area contributed by atoms with Gasteiger partial charge in [0.05, 0.1) is 18.3 Å². The highest BCUT2D eigenvalue weighted by atomic mass is 35.5. The molecule has 5 atom stereocenters. The van der Waals surface area contributed by atoms with Gasteiger partial charge in [-0.25, -0.2) is 0 Å². The van der Waals surface area contributed by atoms with Crippen molar-refractivity contribution in [3.05, 3.63) is 29.3 Å². The molecule has 1 aromatic carbocycles. The van der Waals surface area contributed by atoms with Crippen LogP contribution < -0.4 is 10.1 Å². The highest BCUT2D eigenvalue weighted by Crippen LogP contribution is 2.39. The van der Waals surface area contributed by atoms with E-state index in [9.17, 15) is 20.1 Å². The van der Waals surface area contributed by atoms with Crippen molar-refractivity contribution in [1.29, 1.82) is 0 Å². The normalized spacial score (nSPS) is 25.7. The van der Waals surface area contributed by atoms with Gasteiger partial charge in [0.1, 0.15) is 12.4 Å². The summed E-state index contributed by atoms with van der Waals surface area (Å²) in [6, 6.07) is 7.08. The molecule has 0 unspecified atom stereocenters. The molecule has 2 aliphatic rings. The smallest absolute Gasteiger partial charge is 0.220 e. The van der Waals surface area contributed by atoms with Crippen molar-refractivity contribution >= 4 is 17.5 Å². The van der Waals surface area contributed by atoms with Crippen LogP contribution in [0.4, 0.5) is 0 Å². The van der Waals surface area contributed by atoms with Gasteiger partial charge >= 0.3 is 0 Å². The fourth-order valence-corrected chi connectivity index (χ4v) is 5.07. The van der Waals surface area contributed by atoms with E-state index in [1.54, 1.807) is 24.3 Å². The van der Waals surface area contributed by atoms with E-state index in [1.165, 1.54) is 12.8 Å². The van der Waals surface area contributed by atoms with Crippen LogP contribution in [0.5, 0.6) is 5.75 Å². The zero-order valence-electron chi connectivity index (χ0n) is 19.5. The average Bonchev–Trinajstić information content (AvgIpc) is 3.57. The van der Waals surface area contributed by atoms with E-state index in [0.29, 0.717) is 42.4 Å². The predicted octanol–water partition coefficient (Wildman–Crippen LogP) is 4.08. The number of carbonyl (C=O) groups excluding carboxylic acids is 1. The van der Waals surface area contributed by atoms with Crippen LogP contribution in [0.25, 0.3) is 0 Å². The molecule has 0 aliphatic heterocycles. The van der Waals surface area contributed by atoms with Crippen molar-refractivity contribution in [2.45, 2.75) is 88.9 Å². The SMILES string of the molecule is O=C(CCCCCC[C@@H]1[C@@H](CC[C@@H](O)COc2cccc(Cl)c2)[C@H](O)C[C@@H]1O)NCC1CC1. The number of ether oxygens (including phenoxy) is 1. The van der Waals surface area contributed by atoms with E-state index in [0.717, 1.165) is 38.6 Å². The molecule has 4 N–H and O–H groups in total. The van der Waals surface area contributed by atoms with Crippen molar-refractivity contribution in [2.24, 2.45) is 17.8 Å². The molecule has 3 rings (SSSR count). The van der Waals surface area contributed by atoms with Gasteiger partial charge in [-0.05, 0) is 80.9 Å². The Bertz CT molecular complexity index is 728. The molecule has 7 heteroatoms. The number of carbonyl (C=O) groups is 1. The molecule has 0 radical (unpaired) electrons. The second-order valence-electron chi connectivity index (χ2n) is 9.90. The zero-order chi connectivity index (χ0) is 23.6. The second-order valence-corrected chi connectivity index (χ2v) is 10.3. The first-order valence-corrected chi connectivity index (χ1v) is 13.0. The monoisotopic (exact) mass is 481 g/mol. The van der Waals surface area contributed by atoms with Gasteiger partial charge in [-0.1, -0.05) is 36.9 Å². The third kappa shape index (κ3) is 9.44. The van der Waals surface area contributed by atoms with Crippen LogP contribution in [0.3, 0.4) is 0 Å². The molecule has 0 spiro atoms. The Labute approximate surface area is 202 Å². The van der Waals surface area contributed by atoms with E-state index in [4.69, 9.17) is 16.3 Å². The summed E-state index contributed by atoms with van der Waals surface area (Å²) in [6.45, 7) is 1.01. The van der Waals surface area contributed by atoms with Gasteiger partial charge in [0.2, 0.25) is 5.91 Å². The number of hydrogen-bond acceptors (Lipinski definition) is 5. The molecule has 0 aromatic heterocycles. The fraction of sp³-hybridized carbons (Fsp3) is 0.731. The topological polar surface area (TPSA) is 99.0 Å². The number of rotatable bonds is 15. The van der Waals surface area contributed by atoms with Crippen molar-refractivity contribution < 1.29 is 24.9 Å². The zero-order valence-corrected chi connectivity index (χ0v) is 20.3. The molecule has 2 aliphatic carbocycles. The van der Waals surface area contributed by atoms with Crippen LogP contribution in [0.15, 0.2) is 24.3 Å². The summed E-state index contributed by atoms with van der Waals surface area (Å²) in [7, 11) is 0. The maximum atomic E-state index is 11.8. The minimum atomic E-state index is -0.638. The molecular formula is C26H40ClNO5. The number of aliphatic hydroxyl groups is 3. The first kappa shape index (κ1) is 26.3. The van der Waals surface area contributed by atoms with E-state index in [2.05, 4.69) is 5.32 Å². The second kappa shape index (κ2) is 13.5. The Morgan fingerprint density at radius 2 is 1.82 bits per heavy atom. The molecule has 6 nitrogen and oxygen atoms in total. The van der Waals surface area contributed by atoms with Gasteiger partial charge in [-0.3, -0.25) is 4.79 Å². The van der Waals surface area contributed by atoms with Crippen molar-refractivity contribution in [3.8, 4) is 5.75 Å². The Kier molecular flexibility index (Phi) is 10.8. The predicted molar refractivity (Wildman–Crippen MR) is 129 cm³/mol. The third-order valence-corrected chi connectivity index (χ3v) is 7.30. The highest BCUT2D eigenvalue weighted by Gasteiger charge is 2.40. The van der Waals surface area contributed by atoms with Gasteiger partial charge in [0, 0.05) is 18.0 Å². The lowest BCUT2D eigenvalue weighted by atomic mass is 9.85. The minimum absolute atomic E-state index is 0.00554. The lowest BCUT2D eigenvalue weighted by Gasteiger charge is -2.24. The highest BCUT2D eigenvalue weighted by molar-refractivity contribution is 6.30. The van der Waals surface area contributed by atoms with Crippen LogP contribution >= 0.6 is 11.6 Å². The van der Waals surface area contributed by atoms with Crippen molar-refractivity contribution in [2.75, 3.05) is 13.2 Å². The number of halogens is 1.